The van der Waals surface area contributed by atoms with Crippen molar-refractivity contribution in [2.45, 2.75) is 75.8 Å². The molecule has 2 saturated heterocycles. The average Bonchev–Trinajstić information content (AvgIpc) is 3.43. The molecule has 4 fully saturated rings. The number of nitrogens with one attached hydrogen (secondary N) is 2. The Morgan fingerprint density at radius 2 is 1.94 bits per heavy atom. The second kappa shape index (κ2) is 8.55. The molecule has 3 aliphatic heterocycles. The number of carbonyl (C=O) groups is 3. The quantitative estimate of drug-likeness (QED) is 0.586. The van der Waals surface area contributed by atoms with Gasteiger partial charge in [-0.15, -0.1) is 0 Å². The van der Waals surface area contributed by atoms with Crippen molar-refractivity contribution in [2.24, 2.45) is 23.7 Å². The van der Waals surface area contributed by atoms with E-state index in [2.05, 4.69) is 24.5 Å². The number of nitrogens with zero attached hydrogens (tertiary/aromatic N) is 1. The lowest BCUT2D eigenvalue weighted by atomic mass is 9.73. The summed E-state index contributed by atoms with van der Waals surface area (Å²) in [4.78, 5) is 42.8. The molecule has 0 aromatic heterocycles. The Balaban J connectivity index is 1.28. The van der Waals surface area contributed by atoms with Gasteiger partial charge in [-0.25, -0.2) is 4.39 Å². The molecule has 5 aliphatic rings. The van der Waals surface area contributed by atoms with Gasteiger partial charge in [0.25, 0.3) is 0 Å². The van der Waals surface area contributed by atoms with Crippen molar-refractivity contribution in [1.29, 1.82) is 0 Å². The van der Waals surface area contributed by atoms with E-state index in [0.29, 0.717) is 17.5 Å². The van der Waals surface area contributed by atoms with Crippen LogP contribution in [-0.4, -0.2) is 52.5 Å². The molecule has 6 unspecified atom stereocenters. The van der Waals surface area contributed by atoms with Crippen molar-refractivity contribution in [1.82, 2.24) is 10.2 Å². The molecular weight excluding hydrogens is 485 g/mol. The number of anilines is 1. The lowest BCUT2D eigenvalue weighted by molar-refractivity contribution is -0.142. The van der Waals surface area contributed by atoms with Gasteiger partial charge in [-0.1, -0.05) is 50.4 Å². The minimum atomic E-state index is -1.17. The highest BCUT2D eigenvalue weighted by atomic mass is 35.5. The summed E-state index contributed by atoms with van der Waals surface area (Å²) < 4.78 is 19.9. The van der Waals surface area contributed by atoms with E-state index in [-0.39, 0.29) is 28.9 Å². The number of hydrogen-bond donors (Lipinski definition) is 2. The van der Waals surface area contributed by atoms with E-state index in [1.165, 1.54) is 18.2 Å². The summed E-state index contributed by atoms with van der Waals surface area (Å²) in [6, 6.07) is 3.19. The molecule has 2 bridgehead atoms. The van der Waals surface area contributed by atoms with Gasteiger partial charge >= 0.3 is 0 Å². The number of hydrogen-bond acceptors (Lipinski definition) is 4. The van der Waals surface area contributed by atoms with Crippen molar-refractivity contribution in [3.05, 3.63) is 41.2 Å². The third-order valence-electron chi connectivity index (χ3n) is 9.02. The summed E-state index contributed by atoms with van der Waals surface area (Å²) in [6.45, 7) is 4.39. The van der Waals surface area contributed by atoms with Gasteiger partial charge in [0.05, 0.1) is 23.0 Å². The Kier molecular flexibility index (Phi) is 5.68. The lowest BCUT2D eigenvalue weighted by Crippen LogP contribution is -2.58. The summed E-state index contributed by atoms with van der Waals surface area (Å²) in [5.74, 6) is -2.10. The molecular formula is C27H31ClFN3O4. The largest absolute Gasteiger partial charge is 0.359 e. The maximum absolute atomic E-state index is 13.8. The molecule has 7 nitrogen and oxygen atoms in total. The van der Waals surface area contributed by atoms with Crippen LogP contribution in [0.15, 0.2) is 30.4 Å². The fraction of sp³-hybridized carbons (Fsp3) is 0.593. The first-order valence-corrected chi connectivity index (χ1v) is 13.3. The second-order valence-corrected chi connectivity index (χ2v) is 11.6. The molecule has 2 saturated carbocycles. The van der Waals surface area contributed by atoms with Crippen molar-refractivity contribution in [2.75, 3.05) is 5.32 Å². The molecule has 1 spiro atoms. The maximum atomic E-state index is 13.8. The van der Waals surface area contributed by atoms with Crippen LogP contribution < -0.4 is 10.6 Å². The predicted octanol–water partition coefficient (Wildman–Crippen LogP) is 3.67. The third kappa shape index (κ3) is 3.59. The van der Waals surface area contributed by atoms with Crippen LogP contribution in [0, 0.1) is 29.5 Å². The minimum absolute atomic E-state index is 0.00778. The molecule has 1 aromatic carbocycles. The highest BCUT2D eigenvalue weighted by Gasteiger charge is 2.74. The summed E-state index contributed by atoms with van der Waals surface area (Å²) in [7, 11) is 0. The van der Waals surface area contributed by atoms with Gasteiger partial charge in [-0.05, 0) is 49.3 Å². The monoisotopic (exact) mass is 515 g/mol. The van der Waals surface area contributed by atoms with Gasteiger partial charge < -0.3 is 20.3 Å². The fourth-order valence-corrected chi connectivity index (χ4v) is 6.98. The highest BCUT2D eigenvalue weighted by molar-refractivity contribution is 6.31. The Bertz CT molecular complexity index is 1160. The summed E-state index contributed by atoms with van der Waals surface area (Å²) >= 11 is 5.88. The first-order valence-electron chi connectivity index (χ1n) is 13.0. The lowest BCUT2D eigenvalue weighted by Gasteiger charge is -2.38. The molecule has 36 heavy (non-hydrogen) atoms. The van der Waals surface area contributed by atoms with Gasteiger partial charge in [0, 0.05) is 17.8 Å². The van der Waals surface area contributed by atoms with Gasteiger partial charge in [0.2, 0.25) is 17.7 Å². The second-order valence-electron chi connectivity index (χ2n) is 11.2. The summed E-state index contributed by atoms with van der Waals surface area (Å²) in [5.41, 5.74) is -0.827. The smallest absolute Gasteiger partial charge is 0.246 e. The number of benzene rings is 1. The first kappa shape index (κ1) is 23.9. The number of fused-ring (bicyclic) bond motifs is 1. The van der Waals surface area contributed by atoms with Crippen LogP contribution in [0.2, 0.25) is 5.02 Å². The van der Waals surface area contributed by atoms with Crippen LogP contribution in [0.3, 0.4) is 0 Å². The molecule has 192 valence electrons. The minimum Gasteiger partial charge on any atom is -0.359 e. The van der Waals surface area contributed by atoms with Gasteiger partial charge in [0.15, 0.2) is 0 Å². The normalized spacial score (nSPS) is 38.8. The molecule has 0 radical (unpaired) electrons. The molecule has 8 atom stereocenters. The van der Waals surface area contributed by atoms with Crippen molar-refractivity contribution >= 4 is 35.0 Å². The first-order chi connectivity index (χ1) is 17.2. The Morgan fingerprint density at radius 3 is 2.67 bits per heavy atom. The molecule has 1 aromatic rings. The Hall–Kier alpha value is -2.45. The van der Waals surface area contributed by atoms with E-state index >= 15 is 0 Å². The van der Waals surface area contributed by atoms with Crippen LogP contribution in [0.25, 0.3) is 0 Å². The van der Waals surface area contributed by atoms with E-state index < -0.39 is 41.3 Å². The average molecular weight is 516 g/mol. The fourth-order valence-electron chi connectivity index (χ4n) is 6.80. The predicted molar refractivity (Wildman–Crippen MR) is 132 cm³/mol. The standard InChI is InChI=1S/C27H31ClFN3O4/c1-13-4-3-5-19(14(13)2)31-25(34)23-27-11-10-20(36-27)21(22(27)26(35)32(23)16-7-8-16)24(33)30-15-6-9-18(29)17(28)12-15/h6,9-14,16,19-23H,3-5,7-8H2,1-2H3,(H,30,33)(H,31,34)/t13?,14?,19?,20-,21?,22-,23?,27?/m0/s1. The van der Waals surface area contributed by atoms with Crippen LogP contribution >= 0.6 is 11.6 Å². The van der Waals surface area contributed by atoms with Crippen molar-refractivity contribution < 1.29 is 23.5 Å². The Labute approximate surface area is 214 Å². The van der Waals surface area contributed by atoms with E-state index in [1.54, 1.807) is 11.0 Å². The van der Waals surface area contributed by atoms with E-state index in [4.69, 9.17) is 16.3 Å². The van der Waals surface area contributed by atoms with Crippen LogP contribution in [-0.2, 0) is 19.1 Å². The van der Waals surface area contributed by atoms with E-state index in [1.807, 2.05) is 6.08 Å². The number of rotatable bonds is 5. The van der Waals surface area contributed by atoms with Crippen molar-refractivity contribution in [3.8, 4) is 0 Å². The number of carbonyl (C=O) groups excluding carboxylic acids is 3. The molecule has 3 heterocycles. The van der Waals surface area contributed by atoms with Gasteiger partial charge in [-0.2, -0.15) is 0 Å². The van der Waals surface area contributed by atoms with Crippen molar-refractivity contribution in [3.63, 3.8) is 0 Å². The highest BCUT2D eigenvalue weighted by Crippen LogP contribution is 2.57. The van der Waals surface area contributed by atoms with E-state index in [0.717, 1.165) is 32.1 Å². The van der Waals surface area contributed by atoms with E-state index in [9.17, 15) is 18.8 Å². The van der Waals surface area contributed by atoms with Crippen LogP contribution in [0.1, 0.15) is 46.0 Å². The number of amides is 3. The zero-order valence-corrected chi connectivity index (χ0v) is 21.1. The molecule has 6 rings (SSSR count). The number of halogens is 2. The van der Waals surface area contributed by atoms with Crippen LogP contribution in [0.4, 0.5) is 10.1 Å². The number of likely N-dealkylation sites (tertiary alicyclic amines) is 1. The zero-order valence-electron chi connectivity index (χ0n) is 20.4. The topological polar surface area (TPSA) is 87.7 Å². The maximum Gasteiger partial charge on any atom is 0.246 e. The summed E-state index contributed by atoms with van der Waals surface area (Å²) in [5, 5.41) is 5.93. The molecule has 2 aliphatic carbocycles. The molecule has 2 N–H and O–H groups in total. The molecule has 3 amide bonds. The molecule has 9 heteroatoms. The number of ether oxygens (including phenoxy) is 1. The van der Waals surface area contributed by atoms with Gasteiger partial charge in [0.1, 0.15) is 17.5 Å². The SMILES string of the molecule is CC1CCCC(NC(=O)C2N(C3CC3)C(=O)[C@@H]3C(C(=O)Nc4ccc(F)c(Cl)c4)[C@@H]4C=CC23O4)C1C. The zero-order chi connectivity index (χ0) is 25.4. The van der Waals surface area contributed by atoms with Gasteiger partial charge in [-0.3, -0.25) is 14.4 Å². The van der Waals surface area contributed by atoms with Crippen LogP contribution in [0.5, 0.6) is 0 Å². The summed E-state index contributed by atoms with van der Waals surface area (Å²) in [6.07, 6.45) is 7.84. The Morgan fingerprint density at radius 1 is 1.17 bits per heavy atom. The third-order valence-corrected chi connectivity index (χ3v) is 9.31.